The molecule has 0 spiro atoms. The van der Waals surface area contributed by atoms with E-state index in [2.05, 4.69) is 34.5 Å². The molecule has 1 aliphatic rings. The Morgan fingerprint density at radius 3 is 2.62 bits per heavy atom. The third-order valence-electron chi connectivity index (χ3n) is 3.64. The SMILES string of the molecule is CCCOc1ccc(N2c3ccccc3N=C(C(=O)O)C2I)cc1. The zero-order valence-corrected chi connectivity index (χ0v) is 15.3. The minimum absolute atomic E-state index is 0.126. The minimum Gasteiger partial charge on any atom is -0.494 e. The van der Waals surface area contributed by atoms with E-state index in [1.165, 1.54) is 0 Å². The molecule has 1 unspecified atom stereocenters. The molecule has 2 aromatic rings. The molecule has 1 aliphatic heterocycles. The van der Waals surface area contributed by atoms with Crippen molar-refractivity contribution in [2.75, 3.05) is 11.5 Å². The van der Waals surface area contributed by atoms with Crippen LogP contribution in [0.4, 0.5) is 17.1 Å². The monoisotopic (exact) mass is 436 g/mol. The molecule has 0 aliphatic carbocycles. The van der Waals surface area contributed by atoms with Crippen LogP contribution < -0.4 is 9.64 Å². The van der Waals surface area contributed by atoms with E-state index in [9.17, 15) is 9.90 Å². The van der Waals surface area contributed by atoms with E-state index < -0.39 is 10.0 Å². The van der Waals surface area contributed by atoms with E-state index in [-0.39, 0.29) is 5.71 Å². The summed E-state index contributed by atoms with van der Waals surface area (Å²) in [5.74, 6) is -0.195. The number of benzene rings is 2. The van der Waals surface area contributed by atoms with Gasteiger partial charge in [0.1, 0.15) is 9.80 Å². The van der Waals surface area contributed by atoms with Crippen molar-refractivity contribution in [2.45, 2.75) is 17.4 Å². The van der Waals surface area contributed by atoms with Gasteiger partial charge in [0.05, 0.1) is 18.0 Å². The second-order valence-electron chi connectivity index (χ2n) is 5.34. The van der Waals surface area contributed by atoms with E-state index in [0.717, 1.165) is 23.5 Å². The fourth-order valence-corrected chi connectivity index (χ4v) is 3.56. The Bertz CT molecular complexity index is 774. The number of ether oxygens (including phenoxy) is 1. The number of halogens is 1. The predicted molar refractivity (Wildman–Crippen MR) is 103 cm³/mol. The topological polar surface area (TPSA) is 62.1 Å². The number of hydrogen-bond donors (Lipinski definition) is 1. The molecule has 124 valence electrons. The summed E-state index contributed by atoms with van der Waals surface area (Å²) >= 11 is 2.11. The molecule has 2 aromatic carbocycles. The quantitative estimate of drug-likeness (QED) is 0.425. The largest absolute Gasteiger partial charge is 0.494 e. The van der Waals surface area contributed by atoms with Crippen LogP contribution in [0.2, 0.25) is 0 Å². The van der Waals surface area contributed by atoms with E-state index in [0.29, 0.717) is 12.3 Å². The van der Waals surface area contributed by atoms with Gasteiger partial charge in [-0.25, -0.2) is 9.79 Å². The highest BCUT2D eigenvalue weighted by atomic mass is 127. The highest BCUT2D eigenvalue weighted by molar-refractivity contribution is 14.1. The third kappa shape index (κ3) is 3.24. The van der Waals surface area contributed by atoms with Crippen LogP contribution in [0, 0.1) is 0 Å². The Labute approximate surface area is 154 Å². The molecule has 1 heterocycles. The molecule has 0 saturated carbocycles. The van der Waals surface area contributed by atoms with Gasteiger partial charge >= 0.3 is 5.97 Å². The maximum Gasteiger partial charge on any atom is 0.353 e. The molecule has 5 nitrogen and oxygen atoms in total. The zero-order valence-electron chi connectivity index (χ0n) is 13.1. The van der Waals surface area contributed by atoms with Crippen LogP contribution in [0.5, 0.6) is 5.75 Å². The first-order chi connectivity index (χ1) is 11.6. The Morgan fingerprint density at radius 2 is 1.96 bits per heavy atom. The number of aliphatic carboxylic acids is 1. The Kier molecular flexibility index (Phi) is 5.03. The van der Waals surface area contributed by atoms with Crippen molar-refractivity contribution >= 4 is 51.3 Å². The summed E-state index contributed by atoms with van der Waals surface area (Å²) in [4.78, 5) is 17.8. The zero-order chi connectivity index (χ0) is 17.1. The number of fused-ring (bicyclic) bond motifs is 1. The summed E-state index contributed by atoms with van der Waals surface area (Å²) < 4.78 is 5.22. The number of alkyl halides is 1. The number of hydrogen-bond acceptors (Lipinski definition) is 4. The molecule has 0 radical (unpaired) electrons. The fourth-order valence-electron chi connectivity index (χ4n) is 2.53. The lowest BCUT2D eigenvalue weighted by Gasteiger charge is -2.34. The van der Waals surface area contributed by atoms with Crippen molar-refractivity contribution < 1.29 is 14.6 Å². The number of para-hydroxylation sites is 2. The average Bonchev–Trinajstić information content (AvgIpc) is 2.60. The molecule has 0 aromatic heterocycles. The first kappa shape index (κ1) is 16.8. The molecular weight excluding hydrogens is 419 g/mol. The standard InChI is InChI=1S/C18H17IN2O3/c1-2-11-24-13-9-7-12(8-10-13)21-15-6-4-3-5-14(15)20-16(17(21)19)18(22)23/h3-10,17H,2,11H2,1H3,(H,22,23). The number of aliphatic imine (C=N–C) groups is 1. The number of rotatable bonds is 5. The summed E-state index contributed by atoms with van der Waals surface area (Å²) in [6.07, 6.45) is 0.954. The summed E-state index contributed by atoms with van der Waals surface area (Å²) in [7, 11) is 0. The van der Waals surface area contributed by atoms with Crippen LogP contribution in [0.15, 0.2) is 53.5 Å². The summed E-state index contributed by atoms with van der Waals surface area (Å²) in [5, 5.41) is 9.46. The van der Waals surface area contributed by atoms with E-state index >= 15 is 0 Å². The van der Waals surface area contributed by atoms with Crippen LogP contribution in [0.3, 0.4) is 0 Å². The van der Waals surface area contributed by atoms with Crippen molar-refractivity contribution in [1.82, 2.24) is 0 Å². The second kappa shape index (κ2) is 7.21. The van der Waals surface area contributed by atoms with Crippen LogP contribution in [0.1, 0.15) is 13.3 Å². The number of nitrogens with zero attached hydrogens (tertiary/aromatic N) is 2. The van der Waals surface area contributed by atoms with Gasteiger partial charge in [-0.3, -0.25) is 0 Å². The second-order valence-corrected chi connectivity index (χ2v) is 6.52. The summed E-state index contributed by atoms with van der Waals surface area (Å²) in [6, 6.07) is 15.3. The van der Waals surface area contributed by atoms with Crippen LogP contribution in [-0.2, 0) is 4.79 Å². The van der Waals surface area contributed by atoms with Gasteiger partial charge in [-0.1, -0.05) is 41.6 Å². The van der Waals surface area contributed by atoms with Crippen LogP contribution >= 0.6 is 22.6 Å². The number of carboxylic acids is 1. The number of carboxylic acid groups (broad SMARTS) is 1. The molecule has 0 bridgehead atoms. The molecule has 0 saturated heterocycles. The van der Waals surface area contributed by atoms with E-state index in [1.54, 1.807) is 0 Å². The highest BCUT2D eigenvalue weighted by Gasteiger charge is 2.32. The maximum atomic E-state index is 11.5. The van der Waals surface area contributed by atoms with Gasteiger partial charge in [-0.2, -0.15) is 0 Å². The third-order valence-corrected chi connectivity index (χ3v) is 4.79. The van der Waals surface area contributed by atoms with Gasteiger partial charge in [0.2, 0.25) is 0 Å². The number of anilines is 2. The molecule has 24 heavy (non-hydrogen) atoms. The summed E-state index contributed by atoms with van der Waals surface area (Å²) in [6.45, 7) is 2.74. The summed E-state index contributed by atoms with van der Waals surface area (Å²) in [5.41, 5.74) is 2.58. The molecule has 0 fully saturated rings. The molecule has 0 amide bonds. The lowest BCUT2D eigenvalue weighted by Crippen LogP contribution is -2.39. The van der Waals surface area contributed by atoms with Crippen molar-refractivity contribution in [1.29, 1.82) is 0 Å². The molecule has 1 atom stereocenters. The van der Waals surface area contributed by atoms with Gasteiger partial charge in [-0.05, 0) is 42.8 Å². The predicted octanol–water partition coefficient (Wildman–Crippen LogP) is 4.55. The minimum atomic E-state index is -1.00. The Hall–Kier alpha value is -2.09. The van der Waals surface area contributed by atoms with Crippen molar-refractivity contribution in [3.05, 3.63) is 48.5 Å². The van der Waals surface area contributed by atoms with Crippen molar-refractivity contribution in [3.8, 4) is 5.75 Å². The van der Waals surface area contributed by atoms with Gasteiger partial charge in [0, 0.05) is 5.69 Å². The molecular formula is C18H17IN2O3. The number of carbonyl (C=O) groups is 1. The Balaban J connectivity index is 2.00. The van der Waals surface area contributed by atoms with Crippen LogP contribution in [-0.4, -0.2) is 27.4 Å². The van der Waals surface area contributed by atoms with E-state index in [1.807, 2.05) is 53.4 Å². The van der Waals surface area contributed by atoms with Gasteiger partial charge in [-0.15, -0.1) is 0 Å². The molecule has 3 rings (SSSR count). The first-order valence-electron chi connectivity index (χ1n) is 7.69. The lowest BCUT2D eigenvalue weighted by molar-refractivity contribution is -0.129. The molecule has 1 N–H and O–H groups in total. The van der Waals surface area contributed by atoms with E-state index in [4.69, 9.17) is 4.74 Å². The highest BCUT2D eigenvalue weighted by Crippen LogP contribution is 2.41. The molecule has 6 heteroatoms. The maximum absolute atomic E-state index is 11.5. The Morgan fingerprint density at radius 1 is 1.25 bits per heavy atom. The smallest absolute Gasteiger partial charge is 0.353 e. The van der Waals surface area contributed by atoms with Gasteiger partial charge < -0.3 is 14.7 Å². The first-order valence-corrected chi connectivity index (χ1v) is 8.93. The van der Waals surface area contributed by atoms with Crippen LogP contribution in [0.25, 0.3) is 0 Å². The fraction of sp³-hybridized carbons (Fsp3) is 0.222. The van der Waals surface area contributed by atoms with Gasteiger partial charge in [0.25, 0.3) is 0 Å². The average molecular weight is 436 g/mol. The van der Waals surface area contributed by atoms with Crippen molar-refractivity contribution in [2.24, 2.45) is 4.99 Å². The van der Waals surface area contributed by atoms with Gasteiger partial charge in [0.15, 0.2) is 5.71 Å². The van der Waals surface area contributed by atoms with Crippen molar-refractivity contribution in [3.63, 3.8) is 0 Å². The normalized spacial score (nSPS) is 16.3. The lowest BCUT2D eigenvalue weighted by atomic mass is 10.1.